The maximum atomic E-state index is 11.5. The van der Waals surface area contributed by atoms with Crippen molar-refractivity contribution in [2.45, 2.75) is 33.2 Å². The predicted molar refractivity (Wildman–Crippen MR) is 68.8 cm³/mol. The van der Waals surface area contributed by atoms with Gasteiger partial charge in [0.1, 0.15) is 5.82 Å². The van der Waals surface area contributed by atoms with E-state index in [4.69, 9.17) is 5.73 Å². The molecule has 0 fully saturated rings. The number of hydrogen-bond donors (Lipinski definition) is 3. The van der Waals surface area contributed by atoms with E-state index >= 15 is 0 Å². The maximum Gasteiger partial charge on any atom is 0.239 e. The molecule has 0 bridgehead atoms. The second-order valence-electron chi connectivity index (χ2n) is 4.26. The third-order valence-corrected chi connectivity index (χ3v) is 2.36. The van der Waals surface area contributed by atoms with Crippen LogP contribution < -0.4 is 16.4 Å². The number of nitrogens with two attached hydrogens (primary N) is 1. The van der Waals surface area contributed by atoms with E-state index in [0.29, 0.717) is 11.5 Å². The minimum Gasteiger partial charge on any atom is -0.394 e. The Kier molecular flexibility index (Phi) is 4.37. The number of hydrogen-bond acceptors (Lipinski definition) is 4. The van der Waals surface area contributed by atoms with E-state index < -0.39 is 0 Å². The Balaban J connectivity index is 2.63. The van der Waals surface area contributed by atoms with Crippen molar-refractivity contribution in [3.8, 4) is 0 Å². The number of nitrogen functional groups attached to an aromatic ring is 1. The van der Waals surface area contributed by atoms with E-state index in [2.05, 4.69) is 15.7 Å². The molecule has 1 aromatic rings. The van der Waals surface area contributed by atoms with Crippen LogP contribution in [0.4, 0.5) is 11.5 Å². The lowest BCUT2D eigenvalue weighted by atomic mass is 10.3. The quantitative estimate of drug-likeness (QED) is 0.698. The summed E-state index contributed by atoms with van der Waals surface area (Å²) in [6.07, 6.45) is 0.777. The van der Waals surface area contributed by atoms with Gasteiger partial charge < -0.3 is 16.4 Å². The highest BCUT2D eigenvalue weighted by atomic mass is 16.1. The van der Waals surface area contributed by atoms with Crippen LogP contribution in [0.2, 0.25) is 0 Å². The summed E-state index contributed by atoms with van der Waals surface area (Å²) in [7, 11) is 1.80. The lowest BCUT2D eigenvalue weighted by Crippen LogP contribution is -2.35. The highest BCUT2D eigenvalue weighted by molar-refractivity contribution is 5.82. The normalized spacial score (nSPS) is 10.6. The zero-order chi connectivity index (χ0) is 13.0. The molecule has 0 saturated carbocycles. The second-order valence-corrected chi connectivity index (χ2v) is 4.26. The standard InChI is InChI=1S/C11H21N5O/c1-5-8-10(12)11(16(4)15-8)13-6-9(17)14-7(2)3/h7,13H,5-6,12H2,1-4H3,(H,14,17). The predicted octanol–water partition coefficient (Wildman–Crippen LogP) is 0.501. The number of anilines is 2. The molecule has 0 spiro atoms. The maximum absolute atomic E-state index is 11.5. The van der Waals surface area contributed by atoms with Crippen LogP contribution in [0.3, 0.4) is 0 Å². The van der Waals surface area contributed by atoms with Gasteiger partial charge in [0.25, 0.3) is 0 Å². The summed E-state index contributed by atoms with van der Waals surface area (Å²) in [6.45, 7) is 6.04. The fourth-order valence-corrected chi connectivity index (χ4v) is 1.60. The van der Waals surface area contributed by atoms with Crippen LogP contribution >= 0.6 is 0 Å². The largest absolute Gasteiger partial charge is 0.394 e. The molecule has 0 aliphatic heterocycles. The first-order chi connectivity index (χ1) is 7.95. The van der Waals surface area contributed by atoms with Gasteiger partial charge >= 0.3 is 0 Å². The molecule has 0 atom stereocenters. The van der Waals surface area contributed by atoms with Gasteiger partial charge in [-0.3, -0.25) is 9.48 Å². The summed E-state index contributed by atoms with van der Waals surface area (Å²) in [5.74, 6) is 0.638. The van der Waals surface area contributed by atoms with Crippen LogP contribution in [-0.2, 0) is 18.3 Å². The van der Waals surface area contributed by atoms with Gasteiger partial charge in [0.05, 0.1) is 17.9 Å². The molecule has 1 heterocycles. The Hall–Kier alpha value is -1.72. The third-order valence-electron chi connectivity index (χ3n) is 2.36. The van der Waals surface area contributed by atoms with Crippen LogP contribution in [0.25, 0.3) is 0 Å². The Morgan fingerprint density at radius 1 is 1.53 bits per heavy atom. The molecule has 0 unspecified atom stereocenters. The van der Waals surface area contributed by atoms with Crippen LogP contribution in [0.5, 0.6) is 0 Å². The Labute approximate surface area is 102 Å². The van der Waals surface area contributed by atoms with E-state index in [9.17, 15) is 4.79 Å². The first kappa shape index (κ1) is 13.3. The molecule has 1 aromatic heterocycles. The minimum atomic E-state index is -0.0568. The zero-order valence-corrected chi connectivity index (χ0v) is 10.9. The second kappa shape index (κ2) is 5.56. The summed E-state index contributed by atoms with van der Waals surface area (Å²) in [6, 6.07) is 0.138. The highest BCUT2D eigenvalue weighted by Crippen LogP contribution is 2.21. The molecule has 1 rings (SSSR count). The topological polar surface area (TPSA) is 85.0 Å². The lowest BCUT2D eigenvalue weighted by molar-refractivity contribution is -0.119. The third kappa shape index (κ3) is 3.37. The first-order valence-corrected chi connectivity index (χ1v) is 5.80. The number of rotatable bonds is 5. The molecule has 4 N–H and O–H groups in total. The molecule has 0 aliphatic rings. The van der Waals surface area contributed by atoms with Gasteiger partial charge in [-0.05, 0) is 20.3 Å². The SMILES string of the molecule is CCc1nn(C)c(NCC(=O)NC(C)C)c1N. The monoisotopic (exact) mass is 239 g/mol. The molecule has 0 aliphatic carbocycles. The number of carbonyl (C=O) groups is 1. The fraction of sp³-hybridized carbons (Fsp3) is 0.636. The molecule has 0 saturated heterocycles. The van der Waals surface area contributed by atoms with Crippen molar-refractivity contribution >= 4 is 17.4 Å². The molecule has 1 amide bonds. The van der Waals surface area contributed by atoms with Gasteiger partial charge in [0.15, 0.2) is 0 Å². The van der Waals surface area contributed by atoms with Crippen molar-refractivity contribution in [2.75, 3.05) is 17.6 Å². The van der Waals surface area contributed by atoms with Gasteiger partial charge in [0, 0.05) is 13.1 Å². The number of aromatic nitrogens is 2. The van der Waals surface area contributed by atoms with E-state index in [1.807, 2.05) is 20.8 Å². The molecular formula is C11H21N5O. The van der Waals surface area contributed by atoms with Crippen molar-refractivity contribution in [3.05, 3.63) is 5.69 Å². The van der Waals surface area contributed by atoms with Crippen molar-refractivity contribution in [1.82, 2.24) is 15.1 Å². The molecular weight excluding hydrogens is 218 g/mol. The Morgan fingerprint density at radius 2 is 2.18 bits per heavy atom. The summed E-state index contributed by atoms with van der Waals surface area (Å²) in [5, 5.41) is 10.1. The Bertz CT molecular complexity index is 397. The van der Waals surface area contributed by atoms with Crippen LogP contribution in [0, 0.1) is 0 Å². The zero-order valence-electron chi connectivity index (χ0n) is 10.9. The molecule has 0 aromatic carbocycles. The summed E-state index contributed by atoms with van der Waals surface area (Å²) in [5.41, 5.74) is 7.39. The van der Waals surface area contributed by atoms with Crippen molar-refractivity contribution in [2.24, 2.45) is 7.05 Å². The van der Waals surface area contributed by atoms with Crippen LogP contribution in [-0.4, -0.2) is 28.3 Å². The number of amides is 1. The molecule has 6 heteroatoms. The van der Waals surface area contributed by atoms with E-state index in [0.717, 1.165) is 12.1 Å². The van der Waals surface area contributed by atoms with E-state index in [1.54, 1.807) is 11.7 Å². The van der Waals surface area contributed by atoms with Crippen LogP contribution in [0.15, 0.2) is 0 Å². The van der Waals surface area contributed by atoms with Crippen molar-refractivity contribution in [3.63, 3.8) is 0 Å². The van der Waals surface area contributed by atoms with Gasteiger partial charge in [-0.15, -0.1) is 0 Å². The number of aryl methyl sites for hydroxylation is 2. The number of carbonyl (C=O) groups excluding carboxylic acids is 1. The van der Waals surface area contributed by atoms with E-state index in [-0.39, 0.29) is 18.5 Å². The summed E-state index contributed by atoms with van der Waals surface area (Å²) in [4.78, 5) is 11.5. The number of nitrogens with one attached hydrogen (secondary N) is 2. The Morgan fingerprint density at radius 3 is 2.65 bits per heavy atom. The van der Waals surface area contributed by atoms with E-state index in [1.165, 1.54) is 0 Å². The average molecular weight is 239 g/mol. The fourth-order valence-electron chi connectivity index (χ4n) is 1.60. The van der Waals surface area contributed by atoms with Crippen molar-refractivity contribution < 1.29 is 4.79 Å². The smallest absolute Gasteiger partial charge is 0.239 e. The van der Waals surface area contributed by atoms with Gasteiger partial charge in [-0.25, -0.2) is 0 Å². The lowest BCUT2D eigenvalue weighted by Gasteiger charge is -2.10. The summed E-state index contributed by atoms with van der Waals surface area (Å²) < 4.78 is 1.66. The van der Waals surface area contributed by atoms with Gasteiger partial charge in [-0.2, -0.15) is 5.10 Å². The molecule has 0 radical (unpaired) electrons. The number of nitrogens with zero attached hydrogens (tertiary/aromatic N) is 2. The molecule has 96 valence electrons. The van der Waals surface area contributed by atoms with Crippen LogP contribution in [0.1, 0.15) is 26.5 Å². The molecule has 17 heavy (non-hydrogen) atoms. The summed E-state index contributed by atoms with van der Waals surface area (Å²) >= 11 is 0. The highest BCUT2D eigenvalue weighted by Gasteiger charge is 2.12. The minimum absolute atomic E-state index is 0.0568. The first-order valence-electron chi connectivity index (χ1n) is 5.80. The van der Waals surface area contributed by atoms with Crippen molar-refractivity contribution in [1.29, 1.82) is 0 Å². The average Bonchev–Trinajstić information content (AvgIpc) is 2.50. The van der Waals surface area contributed by atoms with Gasteiger partial charge in [-0.1, -0.05) is 6.92 Å². The molecule has 6 nitrogen and oxygen atoms in total. The van der Waals surface area contributed by atoms with Gasteiger partial charge in [0.2, 0.25) is 5.91 Å².